The molecular weight excluding hydrogens is 429 g/mol. The summed E-state index contributed by atoms with van der Waals surface area (Å²) in [6.45, 7) is 1.33. The van der Waals surface area contributed by atoms with Crippen LogP contribution in [-0.2, 0) is 11.3 Å². The maximum absolute atomic E-state index is 14.9. The smallest absolute Gasteiger partial charge is 0.314 e. The predicted octanol–water partition coefficient (Wildman–Crippen LogP) is 4.56. The molecule has 162 valence electrons. The van der Waals surface area contributed by atoms with Crippen molar-refractivity contribution in [2.45, 2.75) is 13.0 Å². The van der Waals surface area contributed by atoms with E-state index in [1.165, 1.54) is 12.1 Å². The van der Waals surface area contributed by atoms with E-state index in [0.717, 1.165) is 6.07 Å². The summed E-state index contributed by atoms with van der Waals surface area (Å²) in [5.41, 5.74) is 1.15. The molecule has 0 bridgehead atoms. The zero-order valence-corrected chi connectivity index (χ0v) is 17.4. The third kappa shape index (κ3) is 4.59. The largest absolute Gasteiger partial charge is 0.415 e. The van der Waals surface area contributed by atoms with Gasteiger partial charge in [0.1, 0.15) is 5.82 Å². The minimum absolute atomic E-state index is 0.0385. The summed E-state index contributed by atoms with van der Waals surface area (Å²) in [5.74, 6) is -1.83. The van der Waals surface area contributed by atoms with Gasteiger partial charge in [-0.3, -0.25) is 4.79 Å². The normalized spacial score (nSPS) is 14.6. The number of amides is 1. The van der Waals surface area contributed by atoms with Crippen molar-refractivity contribution in [1.29, 1.82) is 0 Å². The number of benzene rings is 2. The van der Waals surface area contributed by atoms with Crippen molar-refractivity contribution < 1.29 is 22.4 Å². The Labute approximate surface area is 181 Å². The number of carbonyl (C=O) groups is 1. The van der Waals surface area contributed by atoms with Crippen LogP contribution in [0.5, 0.6) is 0 Å². The van der Waals surface area contributed by atoms with Crippen LogP contribution < -0.4 is 4.90 Å². The van der Waals surface area contributed by atoms with E-state index in [9.17, 15) is 18.0 Å². The van der Waals surface area contributed by atoms with Crippen molar-refractivity contribution in [3.8, 4) is 11.5 Å². The van der Waals surface area contributed by atoms with E-state index in [1.54, 1.807) is 29.0 Å². The monoisotopic (exact) mass is 448 g/mol. The Morgan fingerprint density at radius 3 is 2.58 bits per heavy atom. The zero-order chi connectivity index (χ0) is 22.0. The summed E-state index contributed by atoms with van der Waals surface area (Å²) in [5, 5.41) is 6.79. The number of halogens is 3. The summed E-state index contributed by atoms with van der Waals surface area (Å²) in [6.07, 6.45) is -0.940. The first kappa shape index (κ1) is 21.4. The Balaban J connectivity index is 1.57. The summed E-state index contributed by atoms with van der Waals surface area (Å²) in [6, 6.07) is 13.2. The van der Waals surface area contributed by atoms with Gasteiger partial charge in [-0.2, -0.15) is 8.78 Å². The van der Waals surface area contributed by atoms with E-state index >= 15 is 0 Å². The first-order chi connectivity index (χ1) is 15.0. The van der Waals surface area contributed by atoms with Crippen LogP contribution in [0.4, 0.5) is 18.9 Å². The molecule has 1 aliphatic rings. The number of hydrogen-bond donors (Lipinski definition) is 0. The number of alkyl halides is 2. The fourth-order valence-electron chi connectivity index (χ4n) is 3.29. The van der Waals surface area contributed by atoms with Gasteiger partial charge in [-0.15, -0.1) is 10.2 Å². The van der Waals surface area contributed by atoms with Gasteiger partial charge in [0.05, 0.1) is 12.5 Å². The van der Waals surface area contributed by atoms with E-state index in [2.05, 4.69) is 14.5 Å². The summed E-state index contributed by atoms with van der Waals surface area (Å²) in [7, 11) is 0. The highest BCUT2D eigenvalue weighted by Gasteiger charge is 2.36. The first-order valence-electron chi connectivity index (χ1n) is 9.52. The van der Waals surface area contributed by atoms with Gasteiger partial charge in [0, 0.05) is 29.9 Å². The minimum Gasteiger partial charge on any atom is -0.415 e. The highest BCUT2D eigenvalue weighted by Crippen LogP contribution is 2.29. The first-order valence-corrected chi connectivity index (χ1v) is 10.7. The lowest BCUT2D eigenvalue weighted by Crippen LogP contribution is -2.51. The number of anilines is 1. The van der Waals surface area contributed by atoms with E-state index in [4.69, 9.17) is 4.42 Å². The van der Waals surface area contributed by atoms with E-state index in [-0.39, 0.29) is 35.4 Å². The van der Waals surface area contributed by atoms with Crippen molar-refractivity contribution in [3.63, 3.8) is 0 Å². The molecule has 3 aromatic rings. The molecule has 1 amide bonds. The molecule has 0 radical (unpaired) electrons. The van der Waals surface area contributed by atoms with Crippen molar-refractivity contribution in [2.75, 3.05) is 24.2 Å². The second kappa shape index (κ2) is 9.11. The zero-order valence-electron chi connectivity index (χ0n) is 16.5. The van der Waals surface area contributed by atoms with Gasteiger partial charge >= 0.3 is 6.43 Å². The molecule has 31 heavy (non-hydrogen) atoms. The molecule has 2 aromatic carbocycles. The molecule has 0 aliphatic carbocycles. The van der Waals surface area contributed by atoms with Crippen molar-refractivity contribution in [3.05, 3.63) is 65.8 Å². The van der Waals surface area contributed by atoms with Crippen molar-refractivity contribution in [2.24, 2.45) is 5.92 Å². The fraction of sp³-hybridized carbons (Fsp3) is 0.286. The highest BCUT2D eigenvalue weighted by molar-refractivity contribution is 7.96. The Morgan fingerprint density at radius 1 is 1.23 bits per heavy atom. The molecule has 0 spiro atoms. The molecule has 4 rings (SSSR count). The van der Waals surface area contributed by atoms with Crippen LogP contribution in [0, 0.1) is 11.7 Å². The second-order valence-electron chi connectivity index (χ2n) is 7.04. The number of nitrogens with zero attached hydrogens (tertiary/aromatic N) is 4. The topological polar surface area (TPSA) is 62.5 Å². The number of aromatic nitrogens is 2. The molecule has 0 atom stereocenters. The quantitative estimate of drug-likeness (QED) is 0.494. The lowest BCUT2D eigenvalue weighted by Gasteiger charge is -2.39. The summed E-state index contributed by atoms with van der Waals surface area (Å²) < 4.78 is 47.1. The Bertz CT molecular complexity index is 1060. The minimum atomic E-state index is -2.90. The molecule has 1 saturated heterocycles. The van der Waals surface area contributed by atoms with E-state index in [0.29, 0.717) is 18.8 Å². The molecule has 6 nitrogen and oxygen atoms in total. The molecule has 1 aromatic heterocycles. The maximum atomic E-state index is 14.9. The SMILES string of the molecule is CSN1CC(C(=O)N(Cc2ccc(-c3nnc(C(F)F)o3)cc2F)c2ccccc2)C1. The standard InChI is InChI=1S/C21H19F3N4O2S/c1-31-27-10-15(11-27)21(29)28(16-5-3-2-4-6-16)12-14-8-7-13(9-17(14)22)19-25-26-20(30-19)18(23)24/h2-9,15,18H,10-12H2,1H3. The molecule has 0 saturated carbocycles. The van der Waals surface area contributed by atoms with Crippen molar-refractivity contribution >= 4 is 23.5 Å². The van der Waals surface area contributed by atoms with E-state index < -0.39 is 18.1 Å². The number of hydrogen-bond acceptors (Lipinski definition) is 6. The van der Waals surface area contributed by atoms with Crippen LogP contribution in [-0.4, -0.2) is 39.8 Å². The van der Waals surface area contributed by atoms with Gasteiger partial charge in [0.2, 0.25) is 11.8 Å². The molecule has 1 aliphatic heterocycles. The predicted molar refractivity (Wildman–Crippen MR) is 111 cm³/mol. The Hall–Kier alpha value is -2.85. The lowest BCUT2D eigenvalue weighted by molar-refractivity contribution is -0.125. The number of carbonyl (C=O) groups excluding carboxylic acids is 1. The van der Waals surface area contributed by atoms with Crippen LogP contribution in [0.25, 0.3) is 11.5 Å². The molecule has 10 heteroatoms. The Kier molecular flexibility index (Phi) is 6.28. The lowest BCUT2D eigenvalue weighted by atomic mass is 10.0. The summed E-state index contributed by atoms with van der Waals surface area (Å²) in [4.78, 5) is 14.7. The van der Waals surface area contributed by atoms with Crippen LogP contribution in [0.15, 0.2) is 52.9 Å². The number of para-hydroxylation sites is 1. The van der Waals surface area contributed by atoms with Crippen LogP contribution in [0.1, 0.15) is 17.9 Å². The van der Waals surface area contributed by atoms with Crippen LogP contribution in [0.2, 0.25) is 0 Å². The van der Waals surface area contributed by atoms with E-state index in [1.807, 2.05) is 24.5 Å². The third-order valence-corrected chi connectivity index (χ3v) is 5.86. The van der Waals surface area contributed by atoms with Crippen LogP contribution >= 0.6 is 11.9 Å². The number of rotatable bonds is 7. The second-order valence-corrected chi connectivity index (χ2v) is 7.92. The van der Waals surface area contributed by atoms with Gasteiger partial charge in [-0.05, 0) is 30.5 Å². The fourth-order valence-corrected chi connectivity index (χ4v) is 3.94. The molecule has 2 heterocycles. The Morgan fingerprint density at radius 2 is 1.97 bits per heavy atom. The van der Waals surface area contributed by atoms with Gasteiger partial charge < -0.3 is 9.32 Å². The third-order valence-electron chi connectivity index (χ3n) is 5.05. The highest BCUT2D eigenvalue weighted by atomic mass is 32.2. The maximum Gasteiger partial charge on any atom is 0.314 e. The average molecular weight is 448 g/mol. The molecular formula is C21H19F3N4O2S. The molecule has 0 unspecified atom stereocenters. The van der Waals surface area contributed by atoms with Crippen LogP contribution in [0.3, 0.4) is 0 Å². The molecule has 1 fully saturated rings. The molecule has 0 N–H and O–H groups in total. The van der Waals surface area contributed by atoms with Gasteiger partial charge in [-0.1, -0.05) is 36.2 Å². The van der Waals surface area contributed by atoms with Gasteiger partial charge in [0.25, 0.3) is 5.89 Å². The summed E-state index contributed by atoms with van der Waals surface area (Å²) >= 11 is 1.59. The van der Waals surface area contributed by atoms with Crippen molar-refractivity contribution in [1.82, 2.24) is 14.5 Å². The van der Waals surface area contributed by atoms with Gasteiger partial charge in [-0.25, -0.2) is 8.70 Å². The average Bonchev–Trinajstić information content (AvgIpc) is 3.23. The van der Waals surface area contributed by atoms with Gasteiger partial charge in [0.15, 0.2) is 0 Å².